The highest BCUT2D eigenvalue weighted by Crippen LogP contribution is 2.27. The monoisotopic (exact) mass is 344 g/mol. The Bertz CT molecular complexity index is 675. The molecule has 132 valence electrons. The molecule has 0 aromatic heterocycles. The fourth-order valence-electron chi connectivity index (χ4n) is 2.71. The van der Waals surface area contributed by atoms with Gasteiger partial charge in [-0.05, 0) is 17.7 Å². The van der Waals surface area contributed by atoms with Crippen LogP contribution in [0.1, 0.15) is 15.9 Å². The Hall–Kier alpha value is -2.25. The van der Waals surface area contributed by atoms with E-state index in [0.717, 1.165) is 5.56 Å². The van der Waals surface area contributed by atoms with Crippen molar-refractivity contribution in [2.45, 2.75) is 31.2 Å². The molecule has 2 aromatic carbocycles. The topological polar surface area (TPSA) is 85.2 Å². The fraction of sp³-hybridized carbons (Fsp3) is 0.316. The number of rotatable bonds is 6. The Kier molecular flexibility index (Phi) is 5.78. The van der Waals surface area contributed by atoms with E-state index in [9.17, 15) is 15.0 Å². The number of hydrogen-bond acceptors (Lipinski definition) is 6. The molecule has 0 radical (unpaired) electrons. The van der Waals surface area contributed by atoms with Crippen molar-refractivity contribution in [1.29, 1.82) is 0 Å². The number of aliphatic hydroxyl groups excluding tert-OH is 2. The van der Waals surface area contributed by atoms with Crippen LogP contribution < -0.4 is 0 Å². The Balaban J connectivity index is 1.69. The van der Waals surface area contributed by atoms with Crippen molar-refractivity contribution in [2.75, 3.05) is 6.61 Å². The van der Waals surface area contributed by atoms with Gasteiger partial charge in [-0.2, -0.15) is 0 Å². The maximum Gasteiger partial charge on any atom is 0.338 e. The van der Waals surface area contributed by atoms with Crippen molar-refractivity contribution in [3.8, 4) is 0 Å². The lowest BCUT2D eigenvalue weighted by molar-refractivity contribution is -0.135. The van der Waals surface area contributed by atoms with Gasteiger partial charge in [-0.1, -0.05) is 48.5 Å². The van der Waals surface area contributed by atoms with Crippen LogP contribution in [0.4, 0.5) is 0 Å². The van der Waals surface area contributed by atoms with E-state index in [1.807, 2.05) is 30.3 Å². The molecular formula is C19H20O6. The summed E-state index contributed by atoms with van der Waals surface area (Å²) in [5.41, 5.74) is 1.29. The van der Waals surface area contributed by atoms with Crippen LogP contribution in [0, 0.1) is 0 Å². The zero-order chi connectivity index (χ0) is 17.6. The third-order valence-electron chi connectivity index (χ3n) is 4.00. The number of ether oxygens (including phenoxy) is 3. The lowest BCUT2D eigenvalue weighted by Gasteiger charge is -2.23. The van der Waals surface area contributed by atoms with Crippen molar-refractivity contribution in [2.24, 2.45) is 0 Å². The van der Waals surface area contributed by atoms with Gasteiger partial charge < -0.3 is 24.4 Å². The molecule has 1 saturated heterocycles. The first-order chi connectivity index (χ1) is 12.2. The van der Waals surface area contributed by atoms with Crippen LogP contribution >= 0.6 is 0 Å². The predicted molar refractivity (Wildman–Crippen MR) is 88.6 cm³/mol. The van der Waals surface area contributed by atoms with Crippen LogP contribution in [0.3, 0.4) is 0 Å². The number of carbonyl (C=O) groups is 1. The van der Waals surface area contributed by atoms with E-state index in [4.69, 9.17) is 14.2 Å². The van der Waals surface area contributed by atoms with Gasteiger partial charge in [0, 0.05) is 0 Å². The van der Waals surface area contributed by atoms with Crippen LogP contribution in [0.25, 0.3) is 0 Å². The first-order valence-corrected chi connectivity index (χ1v) is 8.05. The highest BCUT2D eigenvalue weighted by atomic mass is 16.7. The molecule has 2 aromatic rings. The van der Waals surface area contributed by atoms with Crippen LogP contribution in [-0.4, -0.2) is 47.4 Å². The average molecular weight is 344 g/mol. The lowest BCUT2D eigenvalue weighted by Crippen LogP contribution is -2.40. The van der Waals surface area contributed by atoms with Gasteiger partial charge in [-0.3, -0.25) is 0 Å². The first kappa shape index (κ1) is 17.6. The minimum absolute atomic E-state index is 0.247. The highest BCUT2D eigenvalue weighted by molar-refractivity contribution is 5.89. The second kappa shape index (κ2) is 8.22. The van der Waals surface area contributed by atoms with E-state index < -0.39 is 30.6 Å². The van der Waals surface area contributed by atoms with Crippen molar-refractivity contribution in [1.82, 2.24) is 0 Å². The van der Waals surface area contributed by atoms with Crippen LogP contribution in [0.15, 0.2) is 60.7 Å². The second-order valence-corrected chi connectivity index (χ2v) is 5.74. The summed E-state index contributed by atoms with van der Waals surface area (Å²) in [4.78, 5) is 12.3. The van der Waals surface area contributed by atoms with E-state index in [2.05, 4.69) is 0 Å². The van der Waals surface area contributed by atoms with E-state index in [1.165, 1.54) is 0 Å². The molecule has 0 aliphatic carbocycles. The van der Waals surface area contributed by atoms with Crippen LogP contribution in [0.2, 0.25) is 0 Å². The molecule has 1 fully saturated rings. The van der Waals surface area contributed by atoms with E-state index in [-0.39, 0.29) is 13.2 Å². The summed E-state index contributed by atoms with van der Waals surface area (Å²) >= 11 is 0. The maximum atomic E-state index is 12.3. The standard InChI is InChI=1S/C19H20O6/c20-11-15-16(23-12-13-7-3-1-4-8-13)17(19(22)24-15)25-18(21)14-9-5-2-6-10-14/h1-10,15-17,19-20,22H,11-12H2/t15-,16-,17+,19+/m1/s1. The Morgan fingerprint density at radius 3 is 2.28 bits per heavy atom. The van der Waals surface area contributed by atoms with Crippen molar-refractivity contribution in [3.63, 3.8) is 0 Å². The fourth-order valence-corrected chi connectivity index (χ4v) is 2.71. The normalized spacial score (nSPS) is 25.7. The molecule has 2 N–H and O–H groups in total. The molecule has 1 aliphatic heterocycles. The molecule has 1 aliphatic rings. The third kappa shape index (κ3) is 4.24. The Labute approximate surface area is 145 Å². The molecule has 0 bridgehead atoms. The molecule has 6 heteroatoms. The molecule has 0 unspecified atom stereocenters. The van der Waals surface area contributed by atoms with Gasteiger partial charge in [0.2, 0.25) is 0 Å². The molecule has 0 spiro atoms. The number of aliphatic hydroxyl groups is 2. The second-order valence-electron chi connectivity index (χ2n) is 5.74. The van der Waals surface area contributed by atoms with Crippen LogP contribution in [0.5, 0.6) is 0 Å². The number of carbonyl (C=O) groups excluding carboxylic acids is 1. The predicted octanol–water partition coefficient (Wildman–Crippen LogP) is 1.51. The van der Waals surface area contributed by atoms with Gasteiger partial charge in [-0.15, -0.1) is 0 Å². The molecule has 4 atom stereocenters. The van der Waals surface area contributed by atoms with Gasteiger partial charge >= 0.3 is 5.97 Å². The minimum Gasteiger partial charge on any atom is -0.450 e. The number of esters is 1. The van der Waals surface area contributed by atoms with Crippen molar-refractivity contribution >= 4 is 5.97 Å². The Morgan fingerprint density at radius 1 is 1.00 bits per heavy atom. The minimum atomic E-state index is -1.36. The summed E-state index contributed by atoms with van der Waals surface area (Å²) in [6, 6.07) is 17.9. The van der Waals surface area contributed by atoms with Gasteiger partial charge in [0.1, 0.15) is 12.2 Å². The molecule has 0 saturated carbocycles. The van der Waals surface area contributed by atoms with E-state index in [0.29, 0.717) is 5.56 Å². The molecular weight excluding hydrogens is 324 g/mol. The lowest BCUT2D eigenvalue weighted by atomic mass is 10.1. The van der Waals surface area contributed by atoms with E-state index in [1.54, 1.807) is 30.3 Å². The molecule has 6 nitrogen and oxygen atoms in total. The SMILES string of the molecule is O=C(O[C@H]1[C@H](OCc2ccccc2)[C@@H](CO)O[C@@H]1O)c1ccccc1. The highest BCUT2D eigenvalue weighted by Gasteiger charge is 2.47. The summed E-state index contributed by atoms with van der Waals surface area (Å²) in [6.07, 6.45) is -3.92. The molecule has 3 rings (SSSR count). The molecule has 25 heavy (non-hydrogen) atoms. The summed E-state index contributed by atoms with van der Waals surface area (Å²) < 4.78 is 16.4. The summed E-state index contributed by atoms with van der Waals surface area (Å²) in [7, 11) is 0. The first-order valence-electron chi connectivity index (χ1n) is 8.05. The molecule has 0 amide bonds. The van der Waals surface area contributed by atoms with Crippen molar-refractivity contribution < 1.29 is 29.2 Å². The smallest absolute Gasteiger partial charge is 0.338 e. The van der Waals surface area contributed by atoms with E-state index >= 15 is 0 Å². The van der Waals surface area contributed by atoms with Crippen molar-refractivity contribution in [3.05, 3.63) is 71.8 Å². The number of hydrogen-bond donors (Lipinski definition) is 2. The summed E-state index contributed by atoms with van der Waals surface area (Å²) in [5, 5.41) is 19.5. The summed E-state index contributed by atoms with van der Waals surface area (Å²) in [6.45, 7) is -0.104. The van der Waals surface area contributed by atoms with Gasteiger partial charge in [0.15, 0.2) is 12.4 Å². The quantitative estimate of drug-likeness (QED) is 0.773. The maximum absolute atomic E-state index is 12.3. The zero-order valence-corrected chi connectivity index (χ0v) is 13.5. The zero-order valence-electron chi connectivity index (χ0n) is 13.5. The third-order valence-corrected chi connectivity index (χ3v) is 4.00. The molecule has 1 heterocycles. The van der Waals surface area contributed by atoms with Gasteiger partial charge in [0.25, 0.3) is 0 Å². The largest absolute Gasteiger partial charge is 0.450 e. The average Bonchev–Trinajstić information content (AvgIpc) is 2.96. The van der Waals surface area contributed by atoms with Crippen LogP contribution in [-0.2, 0) is 20.8 Å². The Morgan fingerprint density at radius 2 is 1.64 bits per heavy atom. The number of benzene rings is 2. The summed E-state index contributed by atoms with van der Waals surface area (Å²) in [5.74, 6) is -0.583. The van der Waals surface area contributed by atoms with Gasteiger partial charge in [-0.25, -0.2) is 4.79 Å². The van der Waals surface area contributed by atoms with Gasteiger partial charge in [0.05, 0.1) is 18.8 Å².